The highest BCUT2D eigenvalue weighted by Gasteiger charge is 2.47. The Kier molecular flexibility index (Phi) is 4.08. The first-order valence-electron chi connectivity index (χ1n) is 7.45. The topological polar surface area (TPSA) is 49.4 Å². The highest BCUT2D eigenvalue weighted by atomic mass is 35.5. The minimum atomic E-state index is -0.574. The van der Waals surface area contributed by atoms with Crippen LogP contribution in [0.4, 0.5) is 0 Å². The fourth-order valence-corrected chi connectivity index (χ4v) is 3.52. The Morgan fingerprint density at radius 2 is 2.05 bits per heavy atom. The van der Waals surface area contributed by atoms with E-state index in [1.807, 2.05) is 6.07 Å². The monoisotopic (exact) mass is 340 g/mol. The zero-order valence-electron chi connectivity index (χ0n) is 12.4. The number of carbonyl (C=O) groups is 2. The molecule has 118 valence electrons. The van der Waals surface area contributed by atoms with Crippen molar-refractivity contribution in [2.24, 2.45) is 0 Å². The van der Waals surface area contributed by atoms with Gasteiger partial charge in [0.15, 0.2) is 0 Å². The van der Waals surface area contributed by atoms with Gasteiger partial charge in [-0.05, 0) is 37.0 Å². The number of hydrogen-bond acceptors (Lipinski definition) is 2. The van der Waals surface area contributed by atoms with Gasteiger partial charge >= 0.3 is 0 Å². The quantitative estimate of drug-likeness (QED) is 0.919. The van der Waals surface area contributed by atoms with E-state index in [-0.39, 0.29) is 11.8 Å². The molecule has 0 bridgehead atoms. The number of nitrogens with one attached hydrogen (secondary N) is 1. The lowest BCUT2D eigenvalue weighted by atomic mass is 9.63. The number of likely N-dealkylation sites (tertiary alicyclic amines) is 1. The van der Waals surface area contributed by atoms with Crippen LogP contribution < -0.4 is 5.32 Å². The average molecular weight is 341 g/mol. The summed E-state index contributed by atoms with van der Waals surface area (Å²) in [5.41, 5.74) is 0.305. The van der Waals surface area contributed by atoms with Crippen molar-refractivity contribution < 1.29 is 9.59 Å². The molecule has 1 aromatic carbocycles. The van der Waals surface area contributed by atoms with Crippen molar-refractivity contribution in [3.63, 3.8) is 0 Å². The molecular formula is C16H18Cl2N2O2. The van der Waals surface area contributed by atoms with Gasteiger partial charge in [0.05, 0.1) is 15.5 Å². The van der Waals surface area contributed by atoms with Gasteiger partial charge < -0.3 is 10.2 Å². The summed E-state index contributed by atoms with van der Waals surface area (Å²) in [5.74, 6) is -0.0947. The average Bonchev–Trinajstić information content (AvgIpc) is 2.73. The van der Waals surface area contributed by atoms with Crippen LogP contribution in [0.15, 0.2) is 18.2 Å². The first-order chi connectivity index (χ1) is 10.4. The van der Waals surface area contributed by atoms with Gasteiger partial charge in [0, 0.05) is 13.6 Å². The van der Waals surface area contributed by atoms with Crippen molar-refractivity contribution in [2.75, 3.05) is 13.6 Å². The van der Waals surface area contributed by atoms with Crippen molar-refractivity contribution in [3.05, 3.63) is 33.8 Å². The third-order valence-electron chi connectivity index (χ3n) is 4.85. The Hall–Kier alpha value is -1.26. The number of carbonyl (C=O) groups excluding carboxylic acids is 2. The zero-order chi connectivity index (χ0) is 15.9. The third-order valence-corrected chi connectivity index (χ3v) is 5.59. The maximum atomic E-state index is 12.8. The number of likely N-dealkylation sites (N-methyl/N-ethyl adjacent to an activating group) is 1. The van der Waals surface area contributed by atoms with Crippen LogP contribution in [0, 0.1) is 0 Å². The largest absolute Gasteiger partial charge is 0.344 e. The normalized spacial score (nSPS) is 23.3. The van der Waals surface area contributed by atoms with Gasteiger partial charge in [-0.25, -0.2) is 0 Å². The van der Waals surface area contributed by atoms with E-state index in [0.29, 0.717) is 23.0 Å². The Labute approximate surface area is 139 Å². The molecule has 1 saturated heterocycles. The van der Waals surface area contributed by atoms with Crippen molar-refractivity contribution in [2.45, 2.75) is 37.1 Å². The summed E-state index contributed by atoms with van der Waals surface area (Å²) >= 11 is 12.1. The van der Waals surface area contributed by atoms with Crippen molar-refractivity contribution in [1.29, 1.82) is 0 Å². The van der Waals surface area contributed by atoms with Crippen molar-refractivity contribution >= 4 is 35.0 Å². The van der Waals surface area contributed by atoms with E-state index in [0.717, 1.165) is 24.8 Å². The van der Waals surface area contributed by atoms with E-state index >= 15 is 0 Å². The van der Waals surface area contributed by atoms with Crippen molar-refractivity contribution in [3.8, 4) is 0 Å². The predicted octanol–water partition coefficient (Wildman–Crippen LogP) is 2.76. The molecule has 2 aliphatic rings. The minimum absolute atomic E-state index is 0.0167. The van der Waals surface area contributed by atoms with Crippen LogP contribution in [0.3, 0.4) is 0 Å². The van der Waals surface area contributed by atoms with Crippen LogP contribution in [-0.4, -0.2) is 36.3 Å². The molecule has 2 amide bonds. The highest BCUT2D eigenvalue weighted by Crippen LogP contribution is 2.45. The standard InChI is InChI=1S/C16H18Cl2N2O2/c1-20-8-5-13(14(20)21)19-15(22)16(6-2-7-16)10-3-4-11(17)12(18)9-10/h3-4,9,13H,2,5-8H2,1H3,(H,19,22). The number of halogens is 2. The number of benzene rings is 1. The summed E-state index contributed by atoms with van der Waals surface area (Å²) in [6.07, 6.45) is 3.20. The van der Waals surface area contributed by atoms with Gasteiger partial charge in [-0.15, -0.1) is 0 Å². The third kappa shape index (κ3) is 2.48. The molecule has 1 saturated carbocycles. The number of amides is 2. The molecule has 3 rings (SSSR count). The molecule has 0 spiro atoms. The first-order valence-corrected chi connectivity index (χ1v) is 8.21. The minimum Gasteiger partial charge on any atom is -0.344 e. The number of nitrogens with zero attached hydrogens (tertiary/aromatic N) is 1. The Morgan fingerprint density at radius 1 is 1.32 bits per heavy atom. The second kappa shape index (κ2) is 5.74. The van der Waals surface area contributed by atoms with Gasteiger partial charge in [-0.1, -0.05) is 35.7 Å². The molecule has 1 heterocycles. The first kappa shape index (κ1) is 15.6. The maximum absolute atomic E-state index is 12.8. The van der Waals surface area contributed by atoms with Gasteiger partial charge in [0.25, 0.3) is 0 Å². The molecule has 1 atom stereocenters. The molecule has 1 aliphatic heterocycles. The van der Waals surface area contributed by atoms with Gasteiger partial charge in [0.1, 0.15) is 6.04 Å². The summed E-state index contributed by atoms with van der Waals surface area (Å²) in [5, 5.41) is 3.86. The van der Waals surface area contributed by atoms with E-state index in [1.165, 1.54) is 0 Å². The fourth-order valence-electron chi connectivity index (χ4n) is 3.22. The molecule has 2 fully saturated rings. The van der Waals surface area contributed by atoms with Crippen LogP contribution in [0.2, 0.25) is 10.0 Å². The highest BCUT2D eigenvalue weighted by molar-refractivity contribution is 6.42. The Balaban J connectivity index is 1.82. The Bertz CT molecular complexity index is 629. The predicted molar refractivity (Wildman–Crippen MR) is 86.2 cm³/mol. The van der Waals surface area contributed by atoms with Crippen molar-refractivity contribution in [1.82, 2.24) is 10.2 Å². The van der Waals surface area contributed by atoms with E-state index in [9.17, 15) is 9.59 Å². The van der Waals surface area contributed by atoms with Crippen LogP contribution in [0.1, 0.15) is 31.2 Å². The maximum Gasteiger partial charge on any atom is 0.244 e. The van der Waals surface area contributed by atoms with E-state index < -0.39 is 11.5 Å². The fraction of sp³-hybridized carbons (Fsp3) is 0.500. The second-order valence-electron chi connectivity index (χ2n) is 6.14. The molecule has 6 heteroatoms. The van der Waals surface area contributed by atoms with Crippen LogP contribution in [0.5, 0.6) is 0 Å². The molecule has 0 aromatic heterocycles. The number of rotatable bonds is 3. The molecule has 0 radical (unpaired) electrons. The lowest BCUT2D eigenvalue weighted by Gasteiger charge is -2.41. The van der Waals surface area contributed by atoms with E-state index in [4.69, 9.17) is 23.2 Å². The van der Waals surface area contributed by atoms with Crippen LogP contribution in [0.25, 0.3) is 0 Å². The summed E-state index contributed by atoms with van der Waals surface area (Å²) in [6.45, 7) is 0.684. The summed E-state index contributed by atoms with van der Waals surface area (Å²) < 4.78 is 0. The lowest BCUT2D eigenvalue weighted by Crippen LogP contribution is -2.53. The molecule has 1 N–H and O–H groups in total. The SMILES string of the molecule is CN1CCC(NC(=O)C2(c3ccc(Cl)c(Cl)c3)CCC2)C1=O. The molecule has 22 heavy (non-hydrogen) atoms. The molecular weight excluding hydrogens is 323 g/mol. The van der Waals surface area contributed by atoms with E-state index in [1.54, 1.807) is 24.1 Å². The smallest absolute Gasteiger partial charge is 0.244 e. The van der Waals surface area contributed by atoms with Gasteiger partial charge in [-0.2, -0.15) is 0 Å². The summed E-state index contributed by atoms with van der Waals surface area (Å²) in [6, 6.07) is 4.94. The summed E-state index contributed by atoms with van der Waals surface area (Å²) in [4.78, 5) is 26.4. The van der Waals surface area contributed by atoms with Gasteiger partial charge in [-0.3, -0.25) is 9.59 Å². The molecule has 1 aliphatic carbocycles. The van der Waals surface area contributed by atoms with Gasteiger partial charge in [0.2, 0.25) is 11.8 Å². The number of hydrogen-bond donors (Lipinski definition) is 1. The Morgan fingerprint density at radius 3 is 2.55 bits per heavy atom. The van der Waals surface area contributed by atoms with Crippen LogP contribution in [-0.2, 0) is 15.0 Å². The van der Waals surface area contributed by atoms with Crippen LogP contribution >= 0.6 is 23.2 Å². The molecule has 1 aromatic rings. The summed E-state index contributed by atoms with van der Waals surface area (Å²) in [7, 11) is 1.76. The lowest BCUT2D eigenvalue weighted by molar-refractivity contribution is -0.135. The molecule has 4 nitrogen and oxygen atoms in total. The second-order valence-corrected chi connectivity index (χ2v) is 6.95. The van der Waals surface area contributed by atoms with E-state index in [2.05, 4.69) is 5.32 Å². The zero-order valence-corrected chi connectivity index (χ0v) is 13.9. The molecule has 1 unspecified atom stereocenters.